The van der Waals surface area contributed by atoms with Crippen molar-refractivity contribution in [2.24, 2.45) is 5.73 Å². The normalized spacial score (nSPS) is 12.9. The topological polar surface area (TPSA) is 380 Å². The Bertz CT molecular complexity index is 4630. The summed E-state index contributed by atoms with van der Waals surface area (Å²) in [6.07, 6.45) is 8.94. The van der Waals surface area contributed by atoms with Gasteiger partial charge in [-0.1, -0.05) is 157 Å². The van der Waals surface area contributed by atoms with E-state index in [1.807, 2.05) is 107 Å². The van der Waals surface area contributed by atoms with Crippen molar-refractivity contribution in [1.29, 1.82) is 0 Å². The molecule has 0 saturated heterocycles. The number of hydrogen-bond donors (Lipinski definition) is 2. The zero-order valence-electron chi connectivity index (χ0n) is 72.9. The third-order valence-electron chi connectivity index (χ3n) is 19.4. The van der Waals surface area contributed by atoms with Crippen molar-refractivity contribution in [2.75, 3.05) is 65.8 Å². The monoisotopic (exact) mass is 1780 g/mol. The maximum atomic E-state index is 12.2. The quantitative estimate of drug-likeness (QED) is 0.00600. The SMILES string of the molecule is CCOC(=O)N1C(=O)c2ccccc2C1=O.CCOC(CCCN)OCC.CCOC(CCCN1C(=O)c2ccccc2C1=O)OCC.O=C(CCCN1C(=O)c2ccccc2C1=O)CCc1ccccc1.O=C1c2ccccc2C(=O)N1CCCC(O)CCc1ccccc1.O=CCCCN1C(=O)c2ccccc2C1=O.O=CO[O-].[CH2-]Cc1ccccc1.[Cl-].[Mg+2].[Na+]. The first-order valence-electron chi connectivity index (χ1n) is 41.5. The van der Waals surface area contributed by atoms with E-state index >= 15 is 0 Å². The maximum absolute atomic E-state index is 12.2. The van der Waals surface area contributed by atoms with E-state index in [1.165, 1.54) is 42.9 Å². The Balaban J connectivity index is 0.000000386. The largest absolute Gasteiger partial charge is 2.00 e. The average molecular weight is 1780 g/mol. The molecule has 1 unspecified atom stereocenters. The van der Waals surface area contributed by atoms with Crippen LogP contribution < -0.4 is 53.0 Å². The van der Waals surface area contributed by atoms with Gasteiger partial charge in [0, 0.05) is 78.3 Å². The van der Waals surface area contributed by atoms with Gasteiger partial charge in [0.1, 0.15) is 12.1 Å². The van der Waals surface area contributed by atoms with Crippen LogP contribution in [0.25, 0.3) is 0 Å². The van der Waals surface area contributed by atoms with E-state index in [0.29, 0.717) is 173 Å². The van der Waals surface area contributed by atoms with Crippen LogP contribution >= 0.6 is 0 Å². The molecule has 0 fully saturated rings. The smallest absolute Gasteiger partial charge is 1.00 e. The number of rotatable bonds is 36. The Labute approximate surface area is 786 Å². The van der Waals surface area contributed by atoms with Crippen molar-refractivity contribution in [2.45, 2.75) is 150 Å². The minimum Gasteiger partial charge on any atom is -1.00 e. The summed E-state index contributed by atoms with van der Waals surface area (Å²) in [6, 6.07) is 63.9. The molecule has 5 aliphatic heterocycles. The van der Waals surface area contributed by atoms with E-state index in [4.69, 9.17) is 34.7 Å². The summed E-state index contributed by atoms with van der Waals surface area (Å²) in [7, 11) is 0. The molecular weight excluding hydrogens is 1670 g/mol. The van der Waals surface area contributed by atoms with Gasteiger partial charge in [-0.2, -0.15) is 11.3 Å². The number of ketones is 1. The summed E-state index contributed by atoms with van der Waals surface area (Å²) in [6.45, 7) is 17.7. The molecule has 0 spiro atoms. The number of ether oxygens (including phenoxy) is 5. The molecule has 13 rings (SSSR count). The third-order valence-corrected chi connectivity index (χ3v) is 19.4. The fourth-order valence-electron chi connectivity index (χ4n) is 13.3. The molecule has 28 nitrogen and oxygen atoms in total. The molecule has 8 aromatic rings. The molecule has 127 heavy (non-hydrogen) atoms. The number of carbonyl (C=O) groups excluding carboxylic acids is 14. The summed E-state index contributed by atoms with van der Waals surface area (Å²) in [4.78, 5) is 171. The Hall–Kier alpha value is -10.5. The molecular formula is C96H110ClMgN6NaO22. The molecule has 0 aromatic heterocycles. The number of unbranched alkanes of at least 4 members (excludes halogenated alkanes) is 1. The fourth-order valence-corrected chi connectivity index (χ4v) is 13.3. The van der Waals surface area contributed by atoms with Crippen molar-refractivity contribution < 1.29 is 148 Å². The second kappa shape index (κ2) is 61.8. The van der Waals surface area contributed by atoms with Crippen LogP contribution in [0.4, 0.5) is 4.79 Å². The minimum atomic E-state index is -0.922. The molecule has 0 aliphatic carbocycles. The first kappa shape index (κ1) is 111. The van der Waals surface area contributed by atoms with Crippen LogP contribution in [0.1, 0.15) is 232 Å². The van der Waals surface area contributed by atoms with Gasteiger partial charge in [0.05, 0.1) is 68.3 Å². The number of aryl methyl sites for hydroxylation is 2. The summed E-state index contributed by atoms with van der Waals surface area (Å²) in [5, 5.41) is 18.5. The van der Waals surface area contributed by atoms with Gasteiger partial charge >= 0.3 is 58.7 Å². The van der Waals surface area contributed by atoms with Crippen LogP contribution in [0.15, 0.2) is 212 Å². The second-order valence-corrected chi connectivity index (χ2v) is 27.9. The molecule has 0 radical (unpaired) electrons. The number of Topliss-reactive ketones (excluding diaryl/α,β-unsaturated/α-hetero) is 1. The number of nitrogens with two attached hydrogens (primary N) is 1. The standard InChI is InChI=1S/C20H21NO3.C20H19NO3.C16H21NO4.C12H11NO3.C11H9NO4.C8H19NO2.C8H9.CH2O3.ClH.Mg.Na/c2*22-16(13-12-15-7-2-1-3-8-15)9-6-14-21-19(23)17-10-4-5-11-18(17)20(21)24;1-3-20-14(21-4-2)10-7-11-17-15(18)12-8-5-6-9-13(12)16(17)19;14-8-4-3-7-13-11(15)9-5-1-2-6-10(9)12(13)16;1-2-16-11(15)12-9(13)7-5-3-4-6-8(7)10(12)14;1-3-10-8(11-4-2)6-5-7-9;1-2-8-6-4-3-5-7-8;2-1-4-3;;;/h1-5,7-8,10-11,16,22H,6,9,12-14H2;1-5,7-8,10-11H,6,9,12-14H2;5-6,8-9,14H,3-4,7,10-11H2,1-2H3;1-2,5-6,8H,3-4,7H2;3-6H,2H2,1H3;8H,3-7,9H2,1-2H3;3-7H,1-2H2;1,3H;1H;;/q;;;;;;-1;;;+2;+1/p-2. The molecule has 1 atom stereocenters. The number of aliphatic hydroxyl groups is 1. The van der Waals surface area contributed by atoms with Gasteiger partial charge in [-0.05, 0) is 177 Å². The molecule has 0 saturated carbocycles. The predicted octanol–water partition coefficient (Wildman–Crippen LogP) is 6.73. The molecule has 5 aliphatic rings. The van der Waals surface area contributed by atoms with Gasteiger partial charge in [-0.3, -0.25) is 77.1 Å². The molecule has 3 N–H and O–H groups in total. The number of hydrogen-bond acceptors (Lipinski definition) is 23. The number of carbonyl (C=O) groups is 14. The molecule has 8 aromatic carbocycles. The van der Waals surface area contributed by atoms with Crippen LogP contribution in [0.5, 0.6) is 0 Å². The second-order valence-electron chi connectivity index (χ2n) is 27.9. The van der Waals surface area contributed by atoms with Crippen LogP contribution in [0, 0.1) is 6.92 Å². The number of aldehydes is 1. The first-order chi connectivity index (χ1) is 60.1. The average Bonchev–Trinajstić information content (AvgIpc) is 1.62. The van der Waals surface area contributed by atoms with Gasteiger partial charge in [-0.15, -0.1) is 0 Å². The van der Waals surface area contributed by atoms with Crippen molar-refractivity contribution in [3.05, 3.63) is 292 Å². The summed E-state index contributed by atoms with van der Waals surface area (Å²) < 4.78 is 26.2. The van der Waals surface area contributed by atoms with Gasteiger partial charge in [0.2, 0.25) is 0 Å². The number of halogens is 1. The van der Waals surface area contributed by atoms with Gasteiger partial charge in [-0.25, -0.2) is 4.79 Å². The van der Waals surface area contributed by atoms with Crippen LogP contribution in [0.3, 0.4) is 0 Å². The maximum Gasteiger partial charge on any atom is 2.00 e. The van der Waals surface area contributed by atoms with E-state index < -0.39 is 24.0 Å². The van der Waals surface area contributed by atoms with E-state index in [-0.39, 0.29) is 155 Å². The molecule has 31 heteroatoms. The van der Waals surface area contributed by atoms with E-state index in [0.717, 1.165) is 44.0 Å². The van der Waals surface area contributed by atoms with Gasteiger partial charge in [0.15, 0.2) is 12.6 Å². The molecule has 11 amide bonds. The number of imide groups is 7. The Kier molecular flexibility index (Phi) is 53.9. The predicted molar refractivity (Wildman–Crippen MR) is 466 cm³/mol. The summed E-state index contributed by atoms with van der Waals surface area (Å²) >= 11 is 0. The Morgan fingerprint density at radius 2 is 0.677 bits per heavy atom. The van der Waals surface area contributed by atoms with Crippen LogP contribution in [0.2, 0.25) is 0 Å². The summed E-state index contributed by atoms with van der Waals surface area (Å²) in [5.41, 5.74) is 13.3. The van der Waals surface area contributed by atoms with E-state index in [9.17, 15) is 67.4 Å². The number of amides is 11. The number of aliphatic hydroxyl groups excluding tert-OH is 1. The number of benzene rings is 8. The number of fused-ring (bicyclic) bond motifs is 5. The molecule has 666 valence electrons. The van der Waals surface area contributed by atoms with Crippen LogP contribution in [-0.4, -0.2) is 221 Å². The Morgan fingerprint density at radius 1 is 0.394 bits per heavy atom. The van der Waals surface area contributed by atoms with Gasteiger partial charge < -0.3 is 68.8 Å². The van der Waals surface area contributed by atoms with Crippen molar-refractivity contribution in [1.82, 2.24) is 24.5 Å². The molecule has 0 bridgehead atoms. The van der Waals surface area contributed by atoms with E-state index in [1.54, 1.807) is 116 Å². The van der Waals surface area contributed by atoms with E-state index in [2.05, 4.69) is 28.7 Å². The van der Waals surface area contributed by atoms with Crippen molar-refractivity contribution in [3.63, 3.8) is 0 Å². The number of nitrogens with zero attached hydrogens (tertiary/aromatic N) is 5. The zero-order valence-corrected chi connectivity index (χ0v) is 77.1. The molecule has 5 heterocycles. The zero-order chi connectivity index (χ0) is 90.1. The fraction of sp³-hybridized carbons (Fsp3) is 0.344. The first-order valence-corrected chi connectivity index (χ1v) is 41.5. The van der Waals surface area contributed by atoms with Crippen molar-refractivity contribution >= 4 is 107 Å². The minimum absolute atomic E-state index is 0. The van der Waals surface area contributed by atoms with Crippen LogP contribution in [-0.2, 0) is 62.2 Å². The van der Waals surface area contributed by atoms with Crippen molar-refractivity contribution in [3.8, 4) is 0 Å². The van der Waals surface area contributed by atoms with Gasteiger partial charge in [0.25, 0.3) is 65.5 Å². The Morgan fingerprint density at radius 3 is 0.969 bits per heavy atom. The summed E-state index contributed by atoms with van der Waals surface area (Å²) in [5.74, 6) is -2.99. The third kappa shape index (κ3) is 34.6.